The number of hydrogen-bond acceptors (Lipinski definition) is 4. The van der Waals surface area contributed by atoms with E-state index >= 15 is 0 Å². The first-order valence-electron chi connectivity index (χ1n) is 5.83. The lowest BCUT2D eigenvalue weighted by Gasteiger charge is -2.17. The summed E-state index contributed by atoms with van der Waals surface area (Å²) in [5.41, 5.74) is 0.605. The molecule has 0 radical (unpaired) electrons. The number of carbonyl (C=O) groups is 1. The number of nitrogens with zero attached hydrogens (tertiary/aromatic N) is 1. The fourth-order valence-electron chi connectivity index (χ4n) is 1.47. The second-order valence-electron chi connectivity index (χ2n) is 3.94. The Morgan fingerprint density at radius 1 is 1.32 bits per heavy atom. The van der Waals surface area contributed by atoms with Crippen molar-refractivity contribution in [3.8, 4) is 0 Å². The van der Waals surface area contributed by atoms with Crippen LogP contribution in [0.1, 0.15) is 13.3 Å². The third kappa shape index (κ3) is 4.62. The molecule has 1 amide bonds. The van der Waals surface area contributed by atoms with Crippen molar-refractivity contribution in [2.75, 3.05) is 25.2 Å². The van der Waals surface area contributed by atoms with Crippen molar-refractivity contribution in [3.63, 3.8) is 0 Å². The maximum absolute atomic E-state index is 11.8. The molecule has 2 N–H and O–H groups in total. The van der Waals surface area contributed by atoms with E-state index < -0.39 is 10.0 Å². The predicted octanol–water partition coefficient (Wildman–Crippen LogP) is 0.723. The molecular weight excluding hydrogens is 268 g/mol. The molecule has 0 saturated carbocycles. The van der Waals surface area contributed by atoms with Crippen molar-refractivity contribution < 1.29 is 17.9 Å². The van der Waals surface area contributed by atoms with Crippen LogP contribution in [0, 0.1) is 0 Å². The van der Waals surface area contributed by atoms with Crippen molar-refractivity contribution in [2.24, 2.45) is 5.14 Å². The third-order valence-electron chi connectivity index (χ3n) is 2.59. The van der Waals surface area contributed by atoms with Crippen molar-refractivity contribution in [2.45, 2.75) is 18.2 Å². The number of primary sulfonamides is 1. The maximum Gasteiger partial charge on any atom is 0.238 e. The van der Waals surface area contributed by atoms with Gasteiger partial charge in [0.1, 0.15) is 0 Å². The van der Waals surface area contributed by atoms with Crippen LogP contribution in [0.5, 0.6) is 0 Å². The van der Waals surface area contributed by atoms with Crippen LogP contribution in [-0.2, 0) is 19.6 Å². The Morgan fingerprint density at radius 2 is 1.89 bits per heavy atom. The zero-order valence-electron chi connectivity index (χ0n) is 11.0. The average molecular weight is 286 g/mol. The van der Waals surface area contributed by atoms with Gasteiger partial charge < -0.3 is 9.64 Å². The molecule has 6 nitrogen and oxygen atoms in total. The molecule has 0 aromatic heterocycles. The molecule has 0 unspecified atom stereocenters. The van der Waals surface area contributed by atoms with Gasteiger partial charge in [0.05, 0.1) is 17.9 Å². The van der Waals surface area contributed by atoms with E-state index in [1.807, 2.05) is 6.92 Å². The number of sulfonamides is 1. The number of nitrogens with two attached hydrogens (primary N) is 1. The van der Waals surface area contributed by atoms with Gasteiger partial charge in [-0.15, -0.1) is 0 Å². The monoisotopic (exact) mass is 286 g/mol. The standard InChI is InChI=1S/C12H18N2O4S/c1-3-18-9-8-12(15)14(2)10-4-6-11(7-5-10)19(13,16)17/h4-7H,3,8-9H2,1-2H3,(H2,13,16,17). The Morgan fingerprint density at radius 3 is 2.37 bits per heavy atom. The summed E-state index contributed by atoms with van der Waals surface area (Å²) in [7, 11) is -2.08. The van der Waals surface area contributed by atoms with Crippen LogP contribution in [-0.4, -0.2) is 34.6 Å². The second-order valence-corrected chi connectivity index (χ2v) is 5.50. The van der Waals surface area contributed by atoms with Gasteiger partial charge in [-0.05, 0) is 31.2 Å². The van der Waals surface area contributed by atoms with Crippen molar-refractivity contribution in [1.29, 1.82) is 0 Å². The largest absolute Gasteiger partial charge is 0.381 e. The number of carbonyl (C=O) groups excluding carboxylic acids is 1. The lowest BCUT2D eigenvalue weighted by Crippen LogP contribution is -2.27. The minimum Gasteiger partial charge on any atom is -0.381 e. The highest BCUT2D eigenvalue weighted by Crippen LogP contribution is 2.16. The topological polar surface area (TPSA) is 89.7 Å². The first-order valence-corrected chi connectivity index (χ1v) is 7.38. The third-order valence-corrected chi connectivity index (χ3v) is 3.52. The van der Waals surface area contributed by atoms with Gasteiger partial charge in [-0.3, -0.25) is 4.79 Å². The van der Waals surface area contributed by atoms with Crippen LogP contribution in [0.2, 0.25) is 0 Å². The van der Waals surface area contributed by atoms with Gasteiger partial charge in [-0.25, -0.2) is 13.6 Å². The Balaban J connectivity index is 2.72. The Bertz CT molecular complexity index is 525. The molecule has 0 aliphatic heterocycles. The van der Waals surface area contributed by atoms with Crippen molar-refractivity contribution in [3.05, 3.63) is 24.3 Å². The molecule has 7 heteroatoms. The summed E-state index contributed by atoms with van der Waals surface area (Å²) in [6.45, 7) is 2.80. The predicted molar refractivity (Wildman–Crippen MR) is 72.3 cm³/mol. The second kappa shape index (κ2) is 6.65. The molecule has 106 valence electrons. The number of anilines is 1. The van der Waals surface area contributed by atoms with E-state index in [-0.39, 0.29) is 17.2 Å². The van der Waals surface area contributed by atoms with Gasteiger partial charge in [-0.2, -0.15) is 0 Å². The zero-order chi connectivity index (χ0) is 14.5. The Kier molecular flexibility index (Phi) is 5.46. The fourth-order valence-corrected chi connectivity index (χ4v) is 1.99. The molecule has 1 aromatic carbocycles. The van der Waals surface area contributed by atoms with E-state index in [9.17, 15) is 13.2 Å². The minimum absolute atomic E-state index is 0.0198. The van der Waals surface area contributed by atoms with E-state index in [1.54, 1.807) is 19.2 Å². The maximum atomic E-state index is 11.8. The summed E-state index contributed by atoms with van der Waals surface area (Å²) in [5.74, 6) is -0.100. The number of benzene rings is 1. The molecule has 19 heavy (non-hydrogen) atoms. The van der Waals surface area contributed by atoms with E-state index in [0.717, 1.165) is 0 Å². The van der Waals surface area contributed by atoms with Crippen LogP contribution < -0.4 is 10.0 Å². The van der Waals surface area contributed by atoms with Gasteiger partial charge in [-0.1, -0.05) is 0 Å². The number of amides is 1. The molecule has 0 saturated heterocycles. The van der Waals surface area contributed by atoms with Gasteiger partial charge in [0.2, 0.25) is 15.9 Å². The minimum atomic E-state index is -3.71. The molecule has 0 aliphatic carbocycles. The summed E-state index contributed by atoms with van der Waals surface area (Å²) in [6, 6.07) is 5.82. The summed E-state index contributed by atoms with van der Waals surface area (Å²) < 4.78 is 27.3. The summed E-state index contributed by atoms with van der Waals surface area (Å²) in [4.78, 5) is 13.3. The van der Waals surface area contributed by atoms with E-state index in [0.29, 0.717) is 18.9 Å². The van der Waals surface area contributed by atoms with Crippen molar-refractivity contribution >= 4 is 21.6 Å². The molecule has 0 fully saturated rings. The van der Waals surface area contributed by atoms with Crippen LogP contribution >= 0.6 is 0 Å². The first-order chi connectivity index (χ1) is 8.86. The van der Waals surface area contributed by atoms with Crippen molar-refractivity contribution in [1.82, 2.24) is 0 Å². The highest BCUT2D eigenvalue weighted by atomic mass is 32.2. The van der Waals surface area contributed by atoms with Crippen LogP contribution in [0.4, 0.5) is 5.69 Å². The molecule has 0 atom stereocenters. The van der Waals surface area contributed by atoms with E-state index in [4.69, 9.17) is 9.88 Å². The molecular formula is C12H18N2O4S. The van der Waals surface area contributed by atoms with Crippen LogP contribution in [0.15, 0.2) is 29.2 Å². The smallest absolute Gasteiger partial charge is 0.238 e. The highest BCUT2D eigenvalue weighted by molar-refractivity contribution is 7.89. The summed E-state index contributed by atoms with van der Waals surface area (Å²) in [5, 5.41) is 5.00. The molecule has 0 heterocycles. The molecule has 1 rings (SSSR count). The summed E-state index contributed by atoms with van der Waals surface area (Å²) in [6.07, 6.45) is 0.279. The SMILES string of the molecule is CCOCCC(=O)N(C)c1ccc(S(N)(=O)=O)cc1. The van der Waals surface area contributed by atoms with E-state index in [1.165, 1.54) is 17.0 Å². The number of ether oxygens (including phenoxy) is 1. The van der Waals surface area contributed by atoms with Gasteiger partial charge in [0.15, 0.2) is 0 Å². The fraction of sp³-hybridized carbons (Fsp3) is 0.417. The van der Waals surface area contributed by atoms with Gasteiger partial charge in [0.25, 0.3) is 0 Å². The summed E-state index contributed by atoms with van der Waals surface area (Å²) >= 11 is 0. The average Bonchev–Trinajstić information content (AvgIpc) is 2.37. The quantitative estimate of drug-likeness (QED) is 0.780. The van der Waals surface area contributed by atoms with Gasteiger partial charge in [0, 0.05) is 19.3 Å². The Hall–Kier alpha value is -1.44. The lowest BCUT2D eigenvalue weighted by atomic mass is 10.3. The normalized spacial score (nSPS) is 11.3. The van der Waals surface area contributed by atoms with Crippen LogP contribution in [0.3, 0.4) is 0 Å². The molecule has 1 aromatic rings. The zero-order valence-corrected chi connectivity index (χ0v) is 11.8. The highest BCUT2D eigenvalue weighted by Gasteiger charge is 2.12. The Labute approximate surface area is 113 Å². The number of hydrogen-bond donors (Lipinski definition) is 1. The van der Waals surface area contributed by atoms with E-state index in [2.05, 4.69) is 0 Å². The molecule has 0 aliphatic rings. The van der Waals surface area contributed by atoms with Crippen LogP contribution in [0.25, 0.3) is 0 Å². The molecule has 0 spiro atoms. The molecule has 0 bridgehead atoms. The lowest BCUT2D eigenvalue weighted by molar-refractivity contribution is -0.119. The first kappa shape index (κ1) is 15.6. The van der Waals surface area contributed by atoms with Gasteiger partial charge >= 0.3 is 0 Å². The number of rotatable bonds is 6.